The van der Waals surface area contributed by atoms with Crippen molar-refractivity contribution in [1.82, 2.24) is 4.98 Å². The van der Waals surface area contributed by atoms with Gasteiger partial charge in [0.1, 0.15) is 0 Å². The molecule has 0 unspecified atom stereocenters. The Morgan fingerprint density at radius 2 is 2.24 bits per heavy atom. The predicted molar refractivity (Wildman–Crippen MR) is 65.1 cm³/mol. The number of nitro groups is 1. The van der Waals surface area contributed by atoms with E-state index in [9.17, 15) is 10.1 Å². The maximum absolute atomic E-state index is 10.5. The molecule has 0 amide bonds. The predicted octanol–water partition coefficient (Wildman–Crippen LogP) is 2.37. The van der Waals surface area contributed by atoms with Gasteiger partial charge in [0.25, 0.3) is 5.69 Å². The minimum atomic E-state index is -0.445. The van der Waals surface area contributed by atoms with Crippen molar-refractivity contribution in [2.45, 2.75) is 0 Å². The number of aromatic nitrogens is 1. The van der Waals surface area contributed by atoms with E-state index >= 15 is 0 Å². The molecule has 0 spiro atoms. The lowest BCUT2D eigenvalue weighted by Gasteiger charge is -1.98. The molecule has 1 aromatic heterocycles. The number of rotatable bonds is 4. The first kappa shape index (κ1) is 10.9. The van der Waals surface area contributed by atoms with Gasteiger partial charge in [-0.1, -0.05) is 6.07 Å². The van der Waals surface area contributed by atoms with Crippen molar-refractivity contribution in [2.75, 3.05) is 5.43 Å². The molecule has 0 radical (unpaired) electrons. The summed E-state index contributed by atoms with van der Waals surface area (Å²) < 4.78 is 0. The second-order valence-corrected chi connectivity index (χ2v) is 3.30. The van der Waals surface area contributed by atoms with Crippen molar-refractivity contribution in [3.8, 4) is 0 Å². The molecule has 0 atom stereocenters. The van der Waals surface area contributed by atoms with Crippen LogP contribution in [-0.4, -0.2) is 16.1 Å². The minimum Gasteiger partial charge on any atom is -0.360 e. The van der Waals surface area contributed by atoms with E-state index in [4.69, 9.17) is 0 Å². The number of nitro benzene ring substituents is 1. The molecule has 1 heterocycles. The lowest BCUT2D eigenvalue weighted by molar-refractivity contribution is -0.384. The van der Waals surface area contributed by atoms with Crippen molar-refractivity contribution in [1.29, 1.82) is 0 Å². The molecule has 6 nitrogen and oxygen atoms in total. The highest BCUT2D eigenvalue weighted by atomic mass is 16.6. The second-order valence-electron chi connectivity index (χ2n) is 3.30. The monoisotopic (exact) mass is 230 g/mol. The fraction of sp³-hybridized carbons (Fsp3) is 0. The van der Waals surface area contributed by atoms with E-state index in [0.29, 0.717) is 5.69 Å². The Balaban J connectivity index is 2.04. The third-order valence-electron chi connectivity index (χ3n) is 2.08. The first-order valence-electron chi connectivity index (χ1n) is 4.92. The van der Waals surface area contributed by atoms with Gasteiger partial charge in [0, 0.05) is 18.3 Å². The number of nitrogens with one attached hydrogen (secondary N) is 2. The number of H-pyrrole nitrogens is 1. The van der Waals surface area contributed by atoms with Crippen molar-refractivity contribution in [2.24, 2.45) is 5.10 Å². The van der Waals surface area contributed by atoms with E-state index in [0.717, 1.165) is 5.69 Å². The van der Waals surface area contributed by atoms with Crippen molar-refractivity contribution >= 4 is 17.6 Å². The molecule has 0 bridgehead atoms. The fourth-order valence-electron chi connectivity index (χ4n) is 1.29. The molecule has 0 saturated carbocycles. The Hall–Kier alpha value is -2.63. The van der Waals surface area contributed by atoms with Gasteiger partial charge in [0.15, 0.2) is 0 Å². The normalized spacial score (nSPS) is 10.6. The number of aromatic amines is 1. The number of benzene rings is 1. The number of hydrazone groups is 1. The van der Waals surface area contributed by atoms with Crippen LogP contribution >= 0.6 is 0 Å². The lowest BCUT2D eigenvalue weighted by Crippen LogP contribution is -1.93. The molecule has 0 aliphatic heterocycles. The molecule has 0 saturated heterocycles. The summed E-state index contributed by atoms with van der Waals surface area (Å²) in [6, 6.07) is 9.88. The highest BCUT2D eigenvalue weighted by molar-refractivity contribution is 5.77. The van der Waals surface area contributed by atoms with Gasteiger partial charge in [-0.25, -0.2) is 0 Å². The van der Waals surface area contributed by atoms with Crippen LogP contribution in [0.4, 0.5) is 11.4 Å². The van der Waals surface area contributed by atoms with Gasteiger partial charge in [-0.15, -0.1) is 0 Å². The number of nitrogens with zero attached hydrogens (tertiary/aromatic N) is 2. The molecule has 2 N–H and O–H groups in total. The van der Waals surface area contributed by atoms with Gasteiger partial charge in [0.05, 0.1) is 22.5 Å². The van der Waals surface area contributed by atoms with Crippen molar-refractivity contribution < 1.29 is 4.92 Å². The summed E-state index contributed by atoms with van der Waals surface area (Å²) in [6.45, 7) is 0. The molecular formula is C11H10N4O2. The van der Waals surface area contributed by atoms with Crippen LogP contribution in [0.5, 0.6) is 0 Å². The van der Waals surface area contributed by atoms with E-state index in [1.54, 1.807) is 24.5 Å². The standard InChI is InChI=1S/C11H10N4O2/c16-15(17)11-5-1-3-9(7-11)14-13-8-10-4-2-6-12-10/h1-8,12,14H/b13-8+. The zero-order valence-electron chi connectivity index (χ0n) is 8.83. The third kappa shape index (κ3) is 2.91. The Kier molecular flexibility index (Phi) is 3.15. The number of hydrogen-bond donors (Lipinski definition) is 2. The van der Waals surface area contributed by atoms with Crippen molar-refractivity contribution in [3.63, 3.8) is 0 Å². The Morgan fingerprint density at radius 3 is 2.94 bits per heavy atom. The van der Waals surface area contributed by atoms with E-state index < -0.39 is 4.92 Å². The SMILES string of the molecule is O=[N+]([O-])c1cccc(N/N=C/c2ccc[nH]2)c1. The van der Waals surface area contributed by atoms with E-state index in [1.807, 2.05) is 12.1 Å². The molecule has 2 aromatic rings. The summed E-state index contributed by atoms with van der Waals surface area (Å²) in [5.74, 6) is 0. The summed E-state index contributed by atoms with van der Waals surface area (Å²) in [5, 5.41) is 14.5. The maximum Gasteiger partial charge on any atom is 0.271 e. The Labute approximate surface area is 97.1 Å². The molecule has 6 heteroatoms. The number of hydrogen-bond acceptors (Lipinski definition) is 4. The van der Waals surface area contributed by atoms with Gasteiger partial charge in [0.2, 0.25) is 0 Å². The molecule has 0 aliphatic carbocycles. The van der Waals surface area contributed by atoms with Gasteiger partial charge in [-0.2, -0.15) is 5.10 Å². The highest BCUT2D eigenvalue weighted by Gasteiger charge is 2.04. The van der Waals surface area contributed by atoms with Crippen LogP contribution in [0, 0.1) is 10.1 Å². The molecular weight excluding hydrogens is 220 g/mol. The van der Waals surface area contributed by atoms with Gasteiger partial charge in [-0.3, -0.25) is 15.5 Å². The first-order chi connectivity index (χ1) is 8.25. The largest absolute Gasteiger partial charge is 0.360 e. The summed E-state index contributed by atoms with van der Waals surface area (Å²) >= 11 is 0. The van der Waals surface area contributed by atoms with Gasteiger partial charge in [-0.05, 0) is 18.2 Å². The second kappa shape index (κ2) is 4.93. The summed E-state index contributed by atoms with van der Waals surface area (Å²) in [6.07, 6.45) is 3.38. The average Bonchev–Trinajstić information content (AvgIpc) is 2.82. The third-order valence-corrected chi connectivity index (χ3v) is 2.08. The average molecular weight is 230 g/mol. The van der Waals surface area contributed by atoms with Crippen LogP contribution in [0.1, 0.15) is 5.69 Å². The fourth-order valence-corrected chi connectivity index (χ4v) is 1.29. The number of non-ortho nitro benzene ring substituents is 1. The van der Waals surface area contributed by atoms with E-state index in [1.165, 1.54) is 12.1 Å². The van der Waals surface area contributed by atoms with Gasteiger partial charge >= 0.3 is 0 Å². The molecule has 17 heavy (non-hydrogen) atoms. The molecule has 0 aliphatic rings. The Bertz CT molecular complexity index is 534. The van der Waals surface area contributed by atoms with Crippen molar-refractivity contribution in [3.05, 3.63) is 58.4 Å². The smallest absolute Gasteiger partial charge is 0.271 e. The molecule has 0 fully saturated rings. The van der Waals surface area contributed by atoms with Crippen LogP contribution in [0.3, 0.4) is 0 Å². The summed E-state index contributed by atoms with van der Waals surface area (Å²) in [7, 11) is 0. The van der Waals surface area contributed by atoms with Crippen LogP contribution in [0.25, 0.3) is 0 Å². The Morgan fingerprint density at radius 1 is 1.35 bits per heavy atom. The van der Waals surface area contributed by atoms with E-state index in [2.05, 4.69) is 15.5 Å². The summed E-state index contributed by atoms with van der Waals surface area (Å²) in [5.41, 5.74) is 4.18. The van der Waals surface area contributed by atoms with E-state index in [-0.39, 0.29) is 5.69 Å². The quantitative estimate of drug-likeness (QED) is 0.480. The molecule has 2 rings (SSSR count). The maximum atomic E-state index is 10.5. The zero-order valence-corrected chi connectivity index (χ0v) is 8.83. The zero-order chi connectivity index (χ0) is 12.1. The lowest BCUT2D eigenvalue weighted by atomic mass is 10.3. The summed E-state index contributed by atoms with van der Waals surface area (Å²) in [4.78, 5) is 13.1. The molecule has 1 aromatic carbocycles. The van der Waals surface area contributed by atoms with Crippen LogP contribution in [-0.2, 0) is 0 Å². The van der Waals surface area contributed by atoms with Gasteiger partial charge < -0.3 is 4.98 Å². The van der Waals surface area contributed by atoms with Crippen LogP contribution < -0.4 is 5.43 Å². The molecule has 86 valence electrons. The van der Waals surface area contributed by atoms with Crippen LogP contribution in [0.15, 0.2) is 47.7 Å². The van der Waals surface area contributed by atoms with Crippen LogP contribution in [0.2, 0.25) is 0 Å². The minimum absolute atomic E-state index is 0.0325. The number of anilines is 1. The topological polar surface area (TPSA) is 83.3 Å². The first-order valence-corrected chi connectivity index (χ1v) is 4.92. The highest BCUT2D eigenvalue weighted by Crippen LogP contribution is 2.16.